The molecule has 1 atom stereocenters. The van der Waals surface area contributed by atoms with Crippen LogP contribution in [0.15, 0.2) is 0 Å². The summed E-state index contributed by atoms with van der Waals surface area (Å²) in [5.74, 6) is 0. The van der Waals surface area contributed by atoms with Crippen LogP contribution in [0.25, 0.3) is 0 Å². The monoisotopic (exact) mass is 171 g/mol. The molecular formula is C8H13NOS. The van der Waals surface area contributed by atoms with Crippen LogP contribution >= 0.6 is 11.3 Å². The van der Waals surface area contributed by atoms with Crippen LogP contribution in [-0.4, -0.2) is 16.2 Å². The minimum Gasteiger partial charge on any atom is -0.393 e. The Kier molecular flexibility index (Phi) is 2.62. The van der Waals surface area contributed by atoms with E-state index >= 15 is 0 Å². The number of thiazole rings is 1. The molecule has 0 aliphatic carbocycles. The summed E-state index contributed by atoms with van der Waals surface area (Å²) in [5.41, 5.74) is 1.09. The third kappa shape index (κ3) is 2.27. The minimum absolute atomic E-state index is 0.278. The first-order chi connectivity index (χ1) is 5.09. The highest BCUT2D eigenvalue weighted by Crippen LogP contribution is 2.17. The van der Waals surface area contributed by atoms with Crippen molar-refractivity contribution in [1.29, 1.82) is 0 Å². The van der Waals surface area contributed by atoms with Gasteiger partial charge in [0.2, 0.25) is 0 Å². The quantitative estimate of drug-likeness (QED) is 0.734. The molecule has 1 rings (SSSR count). The van der Waals surface area contributed by atoms with Crippen LogP contribution in [0.2, 0.25) is 0 Å². The number of aryl methyl sites for hydroxylation is 2. The first kappa shape index (κ1) is 8.68. The third-order valence-corrected chi connectivity index (χ3v) is 2.64. The van der Waals surface area contributed by atoms with E-state index in [4.69, 9.17) is 5.11 Å². The zero-order valence-corrected chi connectivity index (χ0v) is 7.90. The van der Waals surface area contributed by atoms with E-state index < -0.39 is 0 Å². The number of aliphatic hydroxyl groups is 1. The van der Waals surface area contributed by atoms with E-state index in [1.54, 1.807) is 18.3 Å². The van der Waals surface area contributed by atoms with Crippen LogP contribution in [0.5, 0.6) is 0 Å². The lowest BCUT2D eigenvalue weighted by Crippen LogP contribution is -2.03. The summed E-state index contributed by atoms with van der Waals surface area (Å²) >= 11 is 1.67. The summed E-state index contributed by atoms with van der Waals surface area (Å²) in [6.45, 7) is 5.84. The van der Waals surface area contributed by atoms with Gasteiger partial charge < -0.3 is 5.11 Å². The smallest absolute Gasteiger partial charge is 0.0956 e. The van der Waals surface area contributed by atoms with Crippen molar-refractivity contribution in [3.63, 3.8) is 0 Å². The van der Waals surface area contributed by atoms with Gasteiger partial charge in [-0.15, -0.1) is 11.3 Å². The zero-order chi connectivity index (χ0) is 8.43. The fraction of sp³-hybridized carbons (Fsp3) is 0.625. The summed E-state index contributed by atoms with van der Waals surface area (Å²) in [5, 5.41) is 10.1. The third-order valence-electron chi connectivity index (χ3n) is 1.54. The molecule has 0 spiro atoms. The summed E-state index contributed by atoms with van der Waals surface area (Å²) in [6.07, 6.45) is 0.402. The second-order valence-electron chi connectivity index (χ2n) is 2.80. The van der Waals surface area contributed by atoms with E-state index in [1.165, 1.54) is 4.88 Å². The highest BCUT2D eigenvalue weighted by molar-refractivity contribution is 7.11. The minimum atomic E-state index is -0.278. The first-order valence-electron chi connectivity index (χ1n) is 3.70. The summed E-state index contributed by atoms with van der Waals surface area (Å²) in [7, 11) is 0. The van der Waals surface area contributed by atoms with Gasteiger partial charge in [-0.2, -0.15) is 0 Å². The van der Waals surface area contributed by atoms with Gasteiger partial charge in [0.25, 0.3) is 0 Å². The Bertz CT molecular complexity index is 223. The van der Waals surface area contributed by atoms with Gasteiger partial charge in [-0.3, -0.25) is 0 Å². The highest BCUT2D eigenvalue weighted by atomic mass is 32.1. The molecule has 0 amide bonds. The molecule has 0 bridgehead atoms. The van der Waals surface area contributed by atoms with Crippen LogP contribution < -0.4 is 0 Å². The molecule has 1 N–H and O–H groups in total. The molecule has 11 heavy (non-hydrogen) atoms. The van der Waals surface area contributed by atoms with Crippen molar-refractivity contribution < 1.29 is 5.11 Å². The SMILES string of the molecule is Cc1nc(CC(C)O)sc1C. The summed E-state index contributed by atoms with van der Waals surface area (Å²) in [6, 6.07) is 0. The van der Waals surface area contributed by atoms with E-state index in [0.717, 1.165) is 10.7 Å². The molecule has 3 heteroatoms. The van der Waals surface area contributed by atoms with Crippen molar-refractivity contribution in [3.05, 3.63) is 15.6 Å². The molecule has 0 fully saturated rings. The fourth-order valence-corrected chi connectivity index (χ4v) is 1.93. The van der Waals surface area contributed by atoms with Crippen molar-refractivity contribution in [2.75, 3.05) is 0 Å². The Hall–Kier alpha value is -0.410. The van der Waals surface area contributed by atoms with Crippen LogP contribution in [-0.2, 0) is 6.42 Å². The standard InChI is InChI=1S/C8H13NOS/c1-5(10)4-8-9-6(2)7(3)11-8/h5,10H,4H2,1-3H3. The molecule has 0 saturated carbocycles. The number of hydrogen-bond acceptors (Lipinski definition) is 3. The Morgan fingerprint density at radius 3 is 2.55 bits per heavy atom. The van der Waals surface area contributed by atoms with Gasteiger partial charge in [-0.1, -0.05) is 0 Å². The molecule has 0 saturated heterocycles. The molecule has 0 radical (unpaired) electrons. The van der Waals surface area contributed by atoms with Gasteiger partial charge in [0.05, 0.1) is 16.8 Å². The molecule has 1 unspecified atom stereocenters. The maximum absolute atomic E-state index is 9.07. The van der Waals surface area contributed by atoms with E-state index in [0.29, 0.717) is 6.42 Å². The highest BCUT2D eigenvalue weighted by Gasteiger charge is 2.05. The lowest BCUT2D eigenvalue weighted by molar-refractivity contribution is 0.195. The van der Waals surface area contributed by atoms with Gasteiger partial charge in [0.1, 0.15) is 0 Å². The van der Waals surface area contributed by atoms with Crippen molar-refractivity contribution in [1.82, 2.24) is 4.98 Å². The Morgan fingerprint density at radius 1 is 1.55 bits per heavy atom. The van der Waals surface area contributed by atoms with Gasteiger partial charge in [0, 0.05) is 11.3 Å². The van der Waals surface area contributed by atoms with Crippen LogP contribution in [0.1, 0.15) is 22.5 Å². The molecular weight excluding hydrogens is 158 g/mol. The van der Waals surface area contributed by atoms with E-state index in [2.05, 4.69) is 11.9 Å². The van der Waals surface area contributed by atoms with Gasteiger partial charge in [0.15, 0.2) is 0 Å². The number of hydrogen-bond donors (Lipinski definition) is 1. The summed E-state index contributed by atoms with van der Waals surface area (Å²) in [4.78, 5) is 5.56. The lowest BCUT2D eigenvalue weighted by atomic mass is 10.3. The van der Waals surface area contributed by atoms with Crippen LogP contribution in [0.3, 0.4) is 0 Å². The second kappa shape index (κ2) is 3.32. The molecule has 1 heterocycles. The largest absolute Gasteiger partial charge is 0.393 e. The fourth-order valence-electron chi connectivity index (χ4n) is 0.879. The van der Waals surface area contributed by atoms with Gasteiger partial charge in [-0.25, -0.2) is 4.98 Å². The molecule has 0 aromatic carbocycles. The van der Waals surface area contributed by atoms with Crippen LogP contribution in [0, 0.1) is 13.8 Å². The van der Waals surface area contributed by atoms with E-state index in [1.807, 2.05) is 6.92 Å². The van der Waals surface area contributed by atoms with Crippen molar-refractivity contribution in [2.45, 2.75) is 33.3 Å². The topological polar surface area (TPSA) is 33.1 Å². The van der Waals surface area contributed by atoms with Crippen molar-refractivity contribution in [2.24, 2.45) is 0 Å². The predicted molar refractivity (Wildman–Crippen MR) is 47.0 cm³/mol. The average Bonchev–Trinajstić information content (AvgIpc) is 2.10. The predicted octanol–water partition coefficient (Wildman–Crippen LogP) is 1.68. The van der Waals surface area contributed by atoms with Crippen molar-refractivity contribution >= 4 is 11.3 Å². The lowest BCUT2D eigenvalue weighted by Gasteiger charge is -1.97. The first-order valence-corrected chi connectivity index (χ1v) is 4.52. The van der Waals surface area contributed by atoms with E-state index in [-0.39, 0.29) is 6.10 Å². The van der Waals surface area contributed by atoms with E-state index in [9.17, 15) is 0 Å². The average molecular weight is 171 g/mol. The molecule has 62 valence electrons. The zero-order valence-electron chi connectivity index (χ0n) is 7.09. The number of nitrogens with zero attached hydrogens (tertiary/aromatic N) is 1. The Balaban J connectivity index is 2.73. The molecule has 2 nitrogen and oxygen atoms in total. The Labute approximate surface area is 70.9 Å². The van der Waals surface area contributed by atoms with Gasteiger partial charge in [-0.05, 0) is 20.8 Å². The molecule has 1 aromatic rings. The second-order valence-corrected chi connectivity index (χ2v) is 4.09. The number of aromatic nitrogens is 1. The molecule has 1 aromatic heterocycles. The summed E-state index contributed by atoms with van der Waals surface area (Å²) < 4.78 is 0. The number of rotatable bonds is 2. The molecule has 0 aliphatic heterocycles. The van der Waals surface area contributed by atoms with Crippen molar-refractivity contribution in [3.8, 4) is 0 Å². The molecule has 0 aliphatic rings. The van der Waals surface area contributed by atoms with Crippen LogP contribution in [0.4, 0.5) is 0 Å². The van der Waals surface area contributed by atoms with Gasteiger partial charge >= 0.3 is 0 Å². The number of aliphatic hydroxyl groups excluding tert-OH is 1. The Morgan fingerprint density at radius 2 is 2.18 bits per heavy atom. The maximum atomic E-state index is 9.07. The maximum Gasteiger partial charge on any atom is 0.0956 e. The normalized spacial score (nSPS) is 13.5.